The Bertz CT molecular complexity index is 827. The van der Waals surface area contributed by atoms with Crippen molar-refractivity contribution in [1.82, 2.24) is 20.7 Å². The highest BCUT2D eigenvalue weighted by Crippen LogP contribution is 2.32. The number of rotatable bonds is 3. The van der Waals surface area contributed by atoms with Gasteiger partial charge >= 0.3 is 0 Å². The summed E-state index contributed by atoms with van der Waals surface area (Å²) in [6.45, 7) is 3.60. The lowest BCUT2D eigenvalue weighted by Crippen LogP contribution is -2.55. The number of carbonyl (C=O) groups is 1. The molecule has 5 nitrogen and oxygen atoms in total. The van der Waals surface area contributed by atoms with E-state index in [1.807, 2.05) is 17.3 Å². The molecular formula is C21H25FN4O. The van der Waals surface area contributed by atoms with Crippen LogP contribution in [0.25, 0.3) is 0 Å². The molecule has 2 saturated heterocycles. The van der Waals surface area contributed by atoms with Crippen LogP contribution in [0.2, 0.25) is 0 Å². The predicted molar refractivity (Wildman–Crippen MR) is 102 cm³/mol. The number of piperidine rings is 1. The van der Waals surface area contributed by atoms with Crippen molar-refractivity contribution in [1.29, 1.82) is 0 Å². The number of nitrogens with one attached hydrogen (secondary N) is 2. The van der Waals surface area contributed by atoms with Crippen molar-refractivity contribution in [2.24, 2.45) is 0 Å². The largest absolute Gasteiger partial charge is 0.334 e. The molecule has 2 N–H and O–H groups in total. The lowest BCUT2D eigenvalue weighted by molar-refractivity contribution is 0.0550. The maximum atomic E-state index is 13.6. The van der Waals surface area contributed by atoms with Crippen molar-refractivity contribution < 1.29 is 9.18 Å². The summed E-state index contributed by atoms with van der Waals surface area (Å²) < 4.78 is 13.6. The number of carbonyl (C=O) groups excluding carboxylic acids is 1. The zero-order chi connectivity index (χ0) is 18.8. The van der Waals surface area contributed by atoms with Gasteiger partial charge in [-0.2, -0.15) is 0 Å². The van der Waals surface area contributed by atoms with E-state index in [9.17, 15) is 9.18 Å². The normalized spacial score (nSPS) is 25.6. The average Bonchev–Trinajstić information content (AvgIpc) is 3.17. The van der Waals surface area contributed by atoms with Gasteiger partial charge in [-0.1, -0.05) is 6.07 Å². The molecular weight excluding hydrogens is 343 g/mol. The van der Waals surface area contributed by atoms with E-state index < -0.39 is 0 Å². The number of nitrogens with zero attached hydrogens (tertiary/aromatic N) is 2. The molecule has 0 radical (unpaired) electrons. The molecule has 1 amide bonds. The smallest absolute Gasteiger partial charge is 0.254 e. The summed E-state index contributed by atoms with van der Waals surface area (Å²) in [6.07, 6.45) is 6.74. The van der Waals surface area contributed by atoms with E-state index in [2.05, 4.69) is 28.8 Å². The summed E-state index contributed by atoms with van der Waals surface area (Å²) in [5.41, 5.74) is 9.54. The number of amides is 1. The van der Waals surface area contributed by atoms with E-state index in [4.69, 9.17) is 0 Å². The molecule has 142 valence electrons. The molecule has 1 aromatic carbocycles. The molecule has 27 heavy (non-hydrogen) atoms. The Kier molecular flexibility index (Phi) is 5.18. The molecule has 4 rings (SSSR count). The van der Waals surface area contributed by atoms with Crippen molar-refractivity contribution in [3.8, 4) is 0 Å². The molecule has 2 aliphatic heterocycles. The standard InChI is InChI=1S/C21H25FN4O/c1-14-12-23-9-8-17(14)18-13-24-25-20(18)19-7-2-3-10-26(19)21(27)15-5-4-6-16(22)11-15/h4-6,8-9,11-12,18-20,24-25H,2-3,7,10,13H2,1H3. The maximum Gasteiger partial charge on any atom is 0.254 e. The minimum atomic E-state index is -0.375. The number of likely N-dealkylation sites (tertiary alicyclic amines) is 1. The summed E-state index contributed by atoms with van der Waals surface area (Å²) in [5, 5.41) is 0. The molecule has 3 atom stereocenters. The topological polar surface area (TPSA) is 57.3 Å². The fourth-order valence-corrected chi connectivity index (χ4v) is 4.45. The highest BCUT2D eigenvalue weighted by Gasteiger charge is 2.40. The molecule has 6 heteroatoms. The second kappa shape index (κ2) is 7.74. The molecule has 1 aromatic heterocycles. The van der Waals surface area contributed by atoms with Gasteiger partial charge in [0, 0.05) is 49.0 Å². The van der Waals surface area contributed by atoms with Crippen LogP contribution in [0.1, 0.15) is 46.7 Å². The number of benzene rings is 1. The highest BCUT2D eigenvalue weighted by atomic mass is 19.1. The van der Waals surface area contributed by atoms with Crippen molar-refractivity contribution in [3.63, 3.8) is 0 Å². The van der Waals surface area contributed by atoms with Gasteiger partial charge in [0.05, 0.1) is 0 Å². The number of aromatic nitrogens is 1. The van der Waals surface area contributed by atoms with Crippen molar-refractivity contribution >= 4 is 5.91 Å². The molecule has 0 bridgehead atoms. The van der Waals surface area contributed by atoms with Gasteiger partial charge in [-0.3, -0.25) is 20.6 Å². The van der Waals surface area contributed by atoms with Gasteiger partial charge in [-0.15, -0.1) is 0 Å². The van der Waals surface area contributed by atoms with Crippen LogP contribution in [-0.4, -0.2) is 41.0 Å². The minimum Gasteiger partial charge on any atom is -0.334 e. The first kappa shape index (κ1) is 18.1. The minimum absolute atomic E-state index is 0.0714. The number of aryl methyl sites for hydroxylation is 1. The van der Waals surface area contributed by atoms with Gasteiger partial charge in [0.1, 0.15) is 5.82 Å². The molecule has 0 aliphatic carbocycles. The van der Waals surface area contributed by atoms with Gasteiger partial charge in [0.25, 0.3) is 5.91 Å². The number of hydrogen-bond acceptors (Lipinski definition) is 4. The second-order valence-electron chi connectivity index (χ2n) is 7.46. The SMILES string of the molecule is Cc1cnccc1C1CNNC1C1CCCCN1C(=O)c1cccc(F)c1. The van der Waals surface area contributed by atoms with Crippen LogP contribution >= 0.6 is 0 Å². The monoisotopic (exact) mass is 368 g/mol. The third kappa shape index (κ3) is 3.59. The van der Waals surface area contributed by atoms with Crippen LogP contribution in [-0.2, 0) is 0 Å². The van der Waals surface area contributed by atoms with Crippen molar-refractivity contribution in [2.45, 2.75) is 44.2 Å². The Labute approximate surface area is 159 Å². The Morgan fingerprint density at radius 3 is 3.00 bits per heavy atom. The number of halogens is 1. The van der Waals surface area contributed by atoms with E-state index in [1.165, 1.54) is 17.7 Å². The molecule has 2 aliphatic rings. The number of hydrazine groups is 1. The third-order valence-electron chi connectivity index (χ3n) is 5.78. The third-order valence-corrected chi connectivity index (χ3v) is 5.78. The highest BCUT2D eigenvalue weighted by molar-refractivity contribution is 5.94. The Morgan fingerprint density at radius 2 is 2.19 bits per heavy atom. The fraction of sp³-hybridized carbons (Fsp3) is 0.429. The summed E-state index contributed by atoms with van der Waals surface area (Å²) in [7, 11) is 0. The van der Waals surface area contributed by atoms with Crippen molar-refractivity contribution in [3.05, 3.63) is 65.2 Å². The first-order valence-electron chi connectivity index (χ1n) is 9.60. The van der Waals surface area contributed by atoms with Gasteiger partial charge < -0.3 is 4.90 Å². The lowest BCUT2D eigenvalue weighted by atomic mass is 9.83. The van der Waals surface area contributed by atoms with Crippen LogP contribution in [0.15, 0.2) is 42.7 Å². The number of pyridine rings is 1. The molecule has 0 saturated carbocycles. The maximum absolute atomic E-state index is 13.6. The Hall–Kier alpha value is -2.31. The summed E-state index contributed by atoms with van der Waals surface area (Å²) in [6, 6.07) is 8.25. The quantitative estimate of drug-likeness (QED) is 0.875. The van der Waals surface area contributed by atoms with E-state index in [-0.39, 0.29) is 29.7 Å². The molecule has 3 heterocycles. The van der Waals surface area contributed by atoms with Crippen molar-refractivity contribution in [2.75, 3.05) is 13.1 Å². The summed E-state index contributed by atoms with van der Waals surface area (Å²) >= 11 is 0. The Morgan fingerprint density at radius 1 is 1.30 bits per heavy atom. The molecule has 2 aromatic rings. The predicted octanol–water partition coefficient (Wildman–Crippen LogP) is 2.78. The molecule has 0 spiro atoms. The average molecular weight is 368 g/mol. The lowest BCUT2D eigenvalue weighted by Gasteiger charge is -2.41. The van der Waals surface area contributed by atoms with E-state index in [1.54, 1.807) is 12.1 Å². The van der Waals surface area contributed by atoms with Gasteiger partial charge in [-0.05, 0) is 61.6 Å². The van der Waals surface area contributed by atoms with Crippen LogP contribution in [0, 0.1) is 12.7 Å². The van der Waals surface area contributed by atoms with E-state index >= 15 is 0 Å². The van der Waals surface area contributed by atoms with Crippen LogP contribution < -0.4 is 10.9 Å². The Balaban J connectivity index is 1.62. The zero-order valence-corrected chi connectivity index (χ0v) is 15.5. The summed E-state index contributed by atoms with van der Waals surface area (Å²) in [5.74, 6) is -0.197. The van der Waals surface area contributed by atoms with E-state index in [0.29, 0.717) is 12.1 Å². The fourth-order valence-electron chi connectivity index (χ4n) is 4.45. The van der Waals surface area contributed by atoms with Crippen LogP contribution in [0.3, 0.4) is 0 Å². The molecule has 3 unspecified atom stereocenters. The van der Waals surface area contributed by atoms with E-state index in [0.717, 1.165) is 31.4 Å². The second-order valence-corrected chi connectivity index (χ2v) is 7.46. The van der Waals surface area contributed by atoms with Crippen LogP contribution in [0.4, 0.5) is 4.39 Å². The van der Waals surface area contributed by atoms with Gasteiger partial charge in [-0.25, -0.2) is 4.39 Å². The van der Waals surface area contributed by atoms with Gasteiger partial charge in [0.2, 0.25) is 0 Å². The summed E-state index contributed by atoms with van der Waals surface area (Å²) in [4.78, 5) is 19.3. The van der Waals surface area contributed by atoms with Crippen LogP contribution in [0.5, 0.6) is 0 Å². The zero-order valence-electron chi connectivity index (χ0n) is 15.5. The van der Waals surface area contributed by atoms with Gasteiger partial charge in [0.15, 0.2) is 0 Å². The number of hydrogen-bond donors (Lipinski definition) is 2. The molecule has 2 fully saturated rings. The first-order chi connectivity index (χ1) is 13.1. The first-order valence-corrected chi connectivity index (χ1v) is 9.60.